The highest BCUT2D eigenvalue weighted by atomic mass is 32.1. The molecule has 0 N–H and O–H groups in total. The molecule has 0 aliphatic carbocycles. The Morgan fingerprint density at radius 3 is 2.72 bits per heavy atom. The number of aromatic nitrogens is 1. The van der Waals surface area contributed by atoms with E-state index in [1.165, 1.54) is 11.3 Å². The molecule has 0 atom stereocenters. The Kier molecular flexibility index (Phi) is 5.53. The number of thiazole rings is 1. The van der Waals surface area contributed by atoms with E-state index in [4.69, 9.17) is 4.42 Å². The first-order valence-corrected chi connectivity index (χ1v) is 10.1. The Morgan fingerprint density at radius 1 is 1.21 bits per heavy atom. The number of piperidine rings is 1. The van der Waals surface area contributed by atoms with Gasteiger partial charge in [0.15, 0.2) is 16.6 Å². The van der Waals surface area contributed by atoms with Gasteiger partial charge in [-0.15, -0.1) is 11.3 Å². The van der Waals surface area contributed by atoms with Crippen molar-refractivity contribution in [3.05, 3.63) is 64.9 Å². The van der Waals surface area contributed by atoms with Gasteiger partial charge in [-0.3, -0.25) is 9.59 Å². The molecule has 0 radical (unpaired) electrons. The van der Waals surface area contributed by atoms with Crippen LogP contribution < -0.4 is 0 Å². The fourth-order valence-electron chi connectivity index (χ4n) is 3.47. The molecule has 0 unspecified atom stereocenters. The second-order valence-electron chi connectivity index (χ2n) is 6.94. The van der Waals surface area contributed by atoms with Gasteiger partial charge in [0.25, 0.3) is 0 Å². The Morgan fingerprint density at radius 2 is 2.00 bits per heavy atom. The molecule has 8 heteroatoms. The summed E-state index contributed by atoms with van der Waals surface area (Å²) in [5.74, 6) is -1.58. The molecular weight excluding hydrogens is 398 g/mol. The molecule has 1 aromatic carbocycles. The highest BCUT2D eigenvalue weighted by Gasteiger charge is 2.29. The van der Waals surface area contributed by atoms with E-state index in [2.05, 4.69) is 4.98 Å². The standard InChI is InChI=1S/C21H18F2N2O3S/c22-14-3-4-17(23)16(10-14)20(27)13-5-7-25(8-6-13)19(26)11-15-12-29-21(24-15)18-2-1-9-28-18/h1-4,9-10,12-13H,5-8,11H2. The van der Waals surface area contributed by atoms with Gasteiger partial charge < -0.3 is 9.32 Å². The highest BCUT2D eigenvalue weighted by Crippen LogP contribution is 2.26. The number of hydrogen-bond donors (Lipinski definition) is 0. The molecule has 1 aliphatic heterocycles. The van der Waals surface area contributed by atoms with Gasteiger partial charge in [0.1, 0.15) is 11.6 Å². The number of carbonyl (C=O) groups is 2. The van der Waals surface area contributed by atoms with E-state index in [0.717, 1.165) is 23.2 Å². The molecule has 5 nitrogen and oxygen atoms in total. The average Bonchev–Trinajstić information content (AvgIpc) is 3.41. The number of amides is 1. The van der Waals surface area contributed by atoms with E-state index in [-0.39, 0.29) is 17.9 Å². The molecule has 4 rings (SSSR count). The molecule has 0 spiro atoms. The number of furan rings is 1. The molecule has 3 heterocycles. The molecule has 3 aromatic rings. The molecule has 1 amide bonds. The molecule has 150 valence electrons. The van der Waals surface area contributed by atoms with Crippen LogP contribution >= 0.6 is 11.3 Å². The average molecular weight is 416 g/mol. The van der Waals surface area contributed by atoms with Crippen LogP contribution in [0.25, 0.3) is 10.8 Å². The van der Waals surface area contributed by atoms with Crippen molar-refractivity contribution in [2.75, 3.05) is 13.1 Å². The van der Waals surface area contributed by atoms with Gasteiger partial charge in [0.2, 0.25) is 5.91 Å². The number of halogens is 2. The predicted octanol–water partition coefficient (Wildman–Crippen LogP) is 4.35. The van der Waals surface area contributed by atoms with E-state index >= 15 is 0 Å². The van der Waals surface area contributed by atoms with Crippen molar-refractivity contribution in [3.8, 4) is 10.8 Å². The van der Waals surface area contributed by atoms with Gasteiger partial charge in [-0.1, -0.05) is 0 Å². The lowest BCUT2D eigenvalue weighted by atomic mass is 9.88. The van der Waals surface area contributed by atoms with Crippen LogP contribution in [-0.2, 0) is 11.2 Å². The third kappa shape index (κ3) is 4.27. The number of ketones is 1. The Labute approximate surface area is 170 Å². The first-order chi connectivity index (χ1) is 14.0. The minimum absolute atomic E-state index is 0.0656. The van der Waals surface area contributed by atoms with Crippen molar-refractivity contribution < 1.29 is 22.8 Å². The van der Waals surface area contributed by atoms with Crippen LogP contribution in [0, 0.1) is 17.6 Å². The van der Waals surface area contributed by atoms with Crippen LogP contribution in [0.15, 0.2) is 46.4 Å². The lowest BCUT2D eigenvalue weighted by molar-refractivity contribution is -0.131. The summed E-state index contributed by atoms with van der Waals surface area (Å²) in [6.07, 6.45) is 2.60. The van der Waals surface area contributed by atoms with E-state index < -0.39 is 23.3 Å². The molecule has 0 bridgehead atoms. The van der Waals surface area contributed by atoms with Crippen molar-refractivity contribution in [2.24, 2.45) is 5.92 Å². The molecule has 1 saturated heterocycles. The highest BCUT2D eigenvalue weighted by molar-refractivity contribution is 7.13. The van der Waals surface area contributed by atoms with Gasteiger partial charge in [-0.05, 0) is 43.2 Å². The van der Waals surface area contributed by atoms with Gasteiger partial charge in [0.05, 0.1) is 23.9 Å². The zero-order valence-corrected chi connectivity index (χ0v) is 16.3. The summed E-state index contributed by atoms with van der Waals surface area (Å²) in [5, 5.41) is 2.55. The summed E-state index contributed by atoms with van der Waals surface area (Å²) in [4.78, 5) is 31.2. The van der Waals surface area contributed by atoms with Crippen LogP contribution in [0.3, 0.4) is 0 Å². The Balaban J connectivity index is 1.34. The SMILES string of the molecule is O=C(c1cc(F)ccc1F)C1CCN(C(=O)Cc2csc(-c3ccco3)n2)CC1. The normalized spacial score (nSPS) is 14.9. The summed E-state index contributed by atoms with van der Waals surface area (Å²) >= 11 is 1.41. The van der Waals surface area contributed by atoms with E-state index in [0.29, 0.717) is 37.4 Å². The zero-order chi connectivity index (χ0) is 20.4. The zero-order valence-electron chi connectivity index (χ0n) is 15.4. The summed E-state index contributed by atoms with van der Waals surface area (Å²) in [6, 6.07) is 6.49. The second-order valence-corrected chi connectivity index (χ2v) is 7.80. The topological polar surface area (TPSA) is 63.4 Å². The van der Waals surface area contributed by atoms with Crippen molar-refractivity contribution in [1.29, 1.82) is 0 Å². The minimum Gasteiger partial charge on any atom is -0.462 e. The number of Topliss-reactive ketones (excluding diaryl/α,β-unsaturated/α-hetero) is 1. The third-order valence-electron chi connectivity index (χ3n) is 5.03. The molecule has 2 aromatic heterocycles. The maximum absolute atomic E-state index is 13.9. The summed E-state index contributed by atoms with van der Waals surface area (Å²) in [7, 11) is 0. The number of hydrogen-bond acceptors (Lipinski definition) is 5. The van der Waals surface area contributed by atoms with E-state index in [1.54, 1.807) is 17.2 Å². The number of rotatable bonds is 5. The van der Waals surface area contributed by atoms with Gasteiger partial charge in [0, 0.05) is 24.4 Å². The third-order valence-corrected chi connectivity index (χ3v) is 5.93. The van der Waals surface area contributed by atoms with E-state index in [9.17, 15) is 18.4 Å². The maximum Gasteiger partial charge on any atom is 0.228 e. The van der Waals surface area contributed by atoms with Gasteiger partial charge >= 0.3 is 0 Å². The van der Waals surface area contributed by atoms with Gasteiger partial charge in [-0.25, -0.2) is 13.8 Å². The molecule has 1 aliphatic rings. The van der Waals surface area contributed by atoms with Crippen molar-refractivity contribution >= 4 is 23.0 Å². The number of carbonyl (C=O) groups excluding carboxylic acids is 2. The maximum atomic E-state index is 13.9. The molecule has 1 fully saturated rings. The predicted molar refractivity (Wildman–Crippen MR) is 104 cm³/mol. The number of nitrogens with zero attached hydrogens (tertiary/aromatic N) is 2. The number of likely N-dealkylation sites (tertiary alicyclic amines) is 1. The molecular formula is C21H18F2N2O3S. The first kappa shape index (κ1) is 19.4. The second kappa shape index (κ2) is 8.24. The van der Waals surface area contributed by atoms with Crippen LogP contribution in [0.1, 0.15) is 28.9 Å². The van der Waals surface area contributed by atoms with Crippen molar-refractivity contribution in [1.82, 2.24) is 9.88 Å². The monoisotopic (exact) mass is 416 g/mol. The fourth-order valence-corrected chi connectivity index (χ4v) is 4.25. The van der Waals surface area contributed by atoms with E-state index in [1.807, 2.05) is 11.4 Å². The van der Waals surface area contributed by atoms with Crippen LogP contribution in [-0.4, -0.2) is 34.7 Å². The number of benzene rings is 1. The molecule has 29 heavy (non-hydrogen) atoms. The lowest BCUT2D eigenvalue weighted by Crippen LogP contribution is -2.41. The summed E-state index contributed by atoms with van der Waals surface area (Å²) in [6.45, 7) is 0.808. The molecule has 0 saturated carbocycles. The quantitative estimate of drug-likeness (QED) is 0.581. The van der Waals surface area contributed by atoms with Crippen LogP contribution in [0.2, 0.25) is 0 Å². The van der Waals surface area contributed by atoms with Crippen LogP contribution in [0.4, 0.5) is 8.78 Å². The first-order valence-electron chi connectivity index (χ1n) is 9.26. The largest absolute Gasteiger partial charge is 0.462 e. The summed E-state index contributed by atoms with van der Waals surface area (Å²) < 4.78 is 32.5. The fraction of sp³-hybridized carbons (Fsp3) is 0.286. The van der Waals surface area contributed by atoms with Gasteiger partial charge in [-0.2, -0.15) is 0 Å². The van der Waals surface area contributed by atoms with Crippen LogP contribution in [0.5, 0.6) is 0 Å². The Bertz CT molecular complexity index is 1020. The smallest absolute Gasteiger partial charge is 0.228 e. The summed E-state index contributed by atoms with van der Waals surface area (Å²) in [5.41, 5.74) is 0.453. The van der Waals surface area contributed by atoms with Crippen molar-refractivity contribution in [3.63, 3.8) is 0 Å². The Hall–Kier alpha value is -2.87. The van der Waals surface area contributed by atoms with Crippen molar-refractivity contribution in [2.45, 2.75) is 19.3 Å². The lowest BCUT2D eigenvalue weighted by Gasteiger charge is -2.31. The minimum atomic E-state index is -0.717.